The van der Waals surface area contributed by atoms with Crippen LogP contribution in [-0.4, -0.2) is 17.1 Å². The lowest BCUT2D eigenvalue weighted by molar-refractivity contribution is -0.141. The van der Waals surface area contributed by atoms with Gasteiger partial charge in [0, 0.05) is 6.04 Å². The molecule has 1 atom stereocenters. The molecule has 3 N–H and O–H groups in total. The van der Waals surface area contributed by atoms with E-state index in [1.54, 1.807) is 0 Å². The van der Waals surface area contributed by atoms with Crippen molar-refractivity contribution in [2.45, 2.75) is 71.3 Å². The fourth-order valence-electron chi connectivity index (χ4n) is 3.36. The largest absolute Gasteiger partial charge is 0.481 e. The van der Waals surface area contributed by atoms with Gasteiger partial charge in [0.25, 0.3) is 0 Å². The first kappa shape index (κ1) is 14.5. The number of rotatable bonds is 6. The zero-order valence-corrected chi connectivity index (χ0v) is 11.2. The zero-order chi connectivity index (χ0) is 12.9. The molecular weight excluding hydrogens is 214 g/mol. The van der Waals surface area contributed by atoms with E-state index >= 15 is 0 Å². The summed E-state index contributed by atoms with van der Waals surface area (Å²) in [5.41, 5.74) is 6.05. The molecule has 1 saturated carbocycles. The van der Waals surface area contributed by atoms with Crippen LogP contribution in [0.25, 0.3) is 0 Å². The van der Waals surface area contributed by atoms with Crippen molar-refractivity contribution in [3.8, 4) is 0 Å². The number of carbonyl (C=O) groups is 1. The molecule has 1 fully saturated rings. The van der Waals surface area contributed by atoms with Gasteiger partial charge >= 0.3 is 5.97 Å². The van der Waals surface area contributed by atoms with Gasteiger partial charge in [0.2, 0.25) is 0 Å². The molecule has 1 rings (SSSR count). The Morgan fingerprint density at radius 3 is 2.41 bits per heavy atom. The average Bonchev–Trinajstić information content (AvgIpc) is 2.30. The van der Waals surface area contributed by atoms with Gasteiger partial charge < -0.3 is 10.8 Å². The Balaban J connectivity index is 2.65. The van der Waals surface area contributed by atoms with Crippen molar-refractivity contribution < 1.29 is 9.90 Å². The van der Waals surface area contributed by atoms with Crippen molar-refractivity contribution in [3.63, 3.8) is 0 Å². The van der Waals surface area contributed by atoms with Gasteiger partial charge in [-0.3, -0.25) is 4.79 Å². The van der Waals surface area contributed by atoms with Crippen LogP contribution in [0.1, 0.15) is 65.2 Å². The Morgan fingerprint density at radius 1 is 1.41 bits per heavy atom. The summed E-state index contributed by atoms with van der Waals surface area (Å²) in [4.78, 5) is 11.0. The zero-order valence-electron chi connectivity index (χ0n) is 11.2. The number of nitrogens with two attached hydrogens (primary N) is 1. The van der Waals surface area contributed by atoms with Crippen molar-refractivity contribution in [1.29, 1.82) is 0 Å². The highest BCUT2D eigenvalue weighted by Gasteiger charge is 2.40. The van der Waals surface area contributed by atoms with Crippen LogP contribution in [0.15, 0.2) is 0 Å². The summed E-state index contributed by atoms with van der Waals surface area (Å²) in [7, 11) is 0. The van der Waals surface area contributed by atoms with Crippen molar-refractivity contribution in [3.05, 3.63) is 0 Å². The van der Waals surface area contributed by atoms with E-state index in [2.05, 4.69) is 13.8 Å². The van der Waals surface area contributed by atoms with E-state index in [0.717, 1.165) is 38.0 Å². The summed E-state index contributed by atoms with van der Waals surface area (Å²) in [5, 5.41) is 9.09. The molecule has 1 aliphatic rings. The maximum atomic E-state index is 11.0. The molecule has 1 unspecified atom stereocenters. The molecule has 0 aliphatic heterocycles. The molecule has 0 saturated heterocycles. The Hall–Kier alpha value is -0.570. The van der Waals surface area contributed by atoms with E-state index in [1.807, 2.05) is 0 Å². The van der Waals surface area contributed by atoms with Gasteiger partial charge in [0.1, 0.15) is 0 Å². The molecule has 0 aromatic rings. The molecule has 0 aromatic carbocycles. The molecule has 17 heavy (non-hydrogen) atoms. The molecule has 100 valence electrons. The van der Waals surface area contributed by atoms with Crippen molar-refractivity contribution in [2.24, 2.45) is 17.1 Å². The Morgan fingerprint density at radius 2 is 2.00 bits per heavy atom. The van der Waals surface area contributed by atoms with E-state index in [-0.39, 0.29) is 17.9 Å². The smallest absolute Gasteiger partial charge is 0.303 e. The van der Waals surface area contributed by atoms with Gasteiger partial charge in [0.15, 0.2) is 0 Å². The van der Waals surface area contributed by atoms with Crippen LogP contribution in [0.5, 0.6) is 0 Å². The highest BCUT2D eigenvalue weighted by atomic mass is 16.4. The molecule has 0 spiro atoms. The molecular formula is C14H27NO2. The molecule has 0 radical (unpaired) electrons. The lowest BCUT2D eigenvalue weighted by atomic mass is 9.63. The van der Waals surface area contributed by atoms with Crippen molar-refractivity contribution in [1.82, 2.24) is 0 Å². The molecule has 3 nitrogen and oxygen atoms in total. The standard InChI is InChI=1S/C14H27NO2/c1-3-5-11-6-8-14(9-7-11,10-13(16)17)12(15)4-2/h11-12H,3-10,15H2,1-2H3,(H,16,17). The minimum Gasteiger partial charge on any atom is -0.481 e. The van der Waals surface area contributed by atoms with Crippen LogP contribution < -0.4 is 5.73 Å². The predicted octanol–water partition coefficient (Wildman–Crippen LogP) is 3.18. The molecule has 1 aliphatic carbocycles. The minimum atomic E-state index is -0.692. The highest BCUT2D eigenvalue weighted by molar-refractivity contribution is 5.67. The first-order chi connectivity index (χ1) is 8.04. The fraction of sp³-hybridized carbons (Fsp3) is 0.929. The molecule has 3 heteroatoms. The number of hydrogen-bond acceptors (Lipinski definition) is 2. The summed E-state index contributed by atoms with van der Waals surface area (Å²) >= 11 is 0. The Labute approximate surface area is 105 Å². The average molecular weight is 241 g/mol. The van der Waals surface area contributed by atoms with Gasteiger partial charge in [-0.25, -0.2) is 0 Å². The van der Waals surface area contributed by atoms with Crippen LogP contribution >= 0.6 is 0 Å². The van der Waals surface area contributed by atoms with E-state index in [1.165, 1.54) is 12.8 Å². The third kappa shape index (κ3) is 3.70. The molecule has 0 aromatic heterocycles. The topological polar surface area (TPSA) is 63.3 Å². The van der Waals surface area contributed by atoms with Gasteiger partial charge in [-0.05, 0) is 43.4 Å². The highest BCUT2D eigenvalue weighted by Crippen LogP contribution is 2.45. The van der Waals surface area contributed by atoms with Gasteiger partial charge in [-0.2, -0.15) is 0 Å². The van der Waals surface area contributed by atoms with Crippen LogP contribution in [0, 0.1) is 11.3 Å². The lowest BCUT2D eigenvalue weighted by Gasteiger charge is -2.43. The molecule has 0 heterocycles. The van der Waals surface area contributed by atoms with E-state index in [9.17, 15) is 4.79 Å². The molecule has 0 amide bonds. The predicted molar refractivity (Wildman–Crippen MR) is 69.8 cm³/mol. The van der Waals surface area contributed by atoms with Gasteiger partial charge in [-0.15, -0.1) is 0 Å². The summed E-state index contributed by atoms with van der Waals surface area (Å²) in [6.07, 6.45) is 7.97. The first-order valence-electron chi connectivity index (χ1n) is 7.01. The molecule has 0 bridgehead atoms. The van der Waals surface area contributed by atoms with Crippen LogP contribution in [0.2, 0.25) is 0 Å². The second-order valence-corrected chi connectivity index (χ2v) is 5.68. The van der Waals surface area contributed by atoms with Crippen molar-refractivity contribution in [2.75, 3.05) is 0 Å². The third-order valence-electron chi connectivity index (χ3n) is 4.53. The van der Waals surface area contributed by atoms with Gasteiger partial charge in [-0.1, -0.05) is 26.7 Å². The lowest BCUT2D eigenvalue weighted by Crippen LogP contribution is -2.45. The number of aliphatic carboxylic acids is 1. The van der Waals surface area contributed by atoms with Crippen LogP contribution in [0.3, 0.4) is 0 Å². The normalized spacial score (nSPS) is 31.1. The SMILES string of the molecule is CCCC1CCC(CC(=O)O)(C(N)CC)CC1. The van der Waals surface area contributed by atoms with E-state index in [4.69, 9.17) is 10.8 Å². The van der Waals surface area contributed by atoms with Gasteiger partial charge in [0.05, 0.1) is 6.42 Å². The van der Waals surface area contributed by atoms with Crippen LogP contribution in [-0.2, 0) is 4.79 Å². The van der Waals surface area contributed by atoms with Crippen molar-refractivity contribution >= 4 is 5.97 Å². The number of hydrogen-bond donors (Lipinski definition) is 2. The summed E-state index contributed by atoms with van der Waals surface area (Å²) in [6, 6.07) is 0.0428. The summed E-state index contributed by atoms with van der Waals surface area (Å²) in [5.74, 6) is 0.105. The number of carboxylic acids is 1. The monoisotopic (exact) mass is 241 g/mol. The first-order valence-corrected chi connectivity index (χ1v) is 7.01. The van der Waals surface area contributed by atoms with E-state index < -0.39 is 5.97 Å². The summed E-state index contributed by atoms with van der Waals surface area (Å²) in [6.45, 7) is 4.28. The third-order valence-corrected chi connectivity index (χ3v) is 4.53. The number of carboxylic acid groups (broad SMARTS) is 1. The minimum absolute atomic E-state index is 0.0428. The van der Waals surface area contributed by atoms with Crippen LogP contribution in [0.4, 0.5) is 0 Å². The second-order valence-electron chi connectivity index (χ2n) is 5.68. The maximum absolute atomic E-state index is 11.0. The Kier molecular flexibility index (Phi) is 5.44. The second kappa shape index (κ2) is 6.39. The maximum Gasteiger partial charge on any atom is 0.303 e. The quantitative estimate of drug-likeness (QED) is 0.750. The summed E-state index contributed by atoms with van der Waals surface area (Å²) < 4.78 is 0. The Bertz CT molecular complexity index is 245. The van der Waals surface area contributed by atoms with E-state index in [0.29, 0.717) is 0 Å². The fourth-order valence-corrected chi connectivity index (χ4v) is 3.36.